The molecule has 5 saturated heterocycles. The summed E-state index contributed by atoms with van der Waals surface area (Å²) in [5.41, 5.74) is -1.05. The minimum Gasteiger partial charge on any atom is -0.363 e. The zero-order valence-electron chi connectivity index (χ0n) is 23.5. The van der Waals surface area contributed by atoms with E-state index < -0.39 is 17.2 Å². The minimum absolute atomic E-state index is 0.00383. The van der Waals surface area contributed by atoms with Crippen LogP contribution in [0.4, 0.5) is 0 Å². The Morgan fingerprint density at radius 1 is 0.714 bits per heavy atom. The molecule has 5 nitrogen and oxygen atoms in total. The van der Waals surface area contributed by atoms with Crippen LogP contribution >= 0.6 is 0 Å². The highest BCUT2D eigenvalue weighted by molar-refractivity contribution is 5.18. The molecule has 2 saturated carbocycles. The summed E-state index contributed by atoms with van der Waals surface area (Å²) < 4.78 is 27.1. The molecule has 5 heterocycles. The van der Waals surface area contributed by atoms with Crippen molar-refractivity contribution in [2.24, 2.45) is 28.6 Å². The monoisotopic (exact) mass is 490 g/mol. The quantitative estimate of drug-likeness (QED) is 0.499. The largest absolute Gasteiger partial charge is 0.363 e. The molecule has 0 radical (unpaired) electrons. The molecular formula is C30H50O5. The molecule has 0 aromatic heterocycles. The van der Waals surface area contributed by atoms with Gasteiger partial charge < -0.3 is 24.1 Å². The number of fused-ring (bicyclic) bond motifs is 3. The second kappa shape index (κ2) is 7.25. The van der Waals surface area contributed by atoms with E-state index in [-0.39, 0.29) is 34.2 Å². The molecule has 5 heteroatoms. The van der Waals surface area contributed by atoms with Gasteiger partial charge in [-0.25, -0.2) is 0 Å². The maximum absolute atomic E-state index is 11.3. The Bertz CT molecular complexity index is 886. The lowest BCUT2D eigenvalue weighted by atomic mass is 9.49. The van der Waals surface area contributed by atoms with E-state index in [0.717, 1.165) is 51.4 Å². The van der Waals surface area contributed by atoms with E-state index >= 15 is 0 Å². The van der Waals surface area contributed by atoms with Crippen LogP contribution in [0.15, 0.2) is 0 Å². The zero-order valence-corrected chi connectivity index (χ0v) is 23.5. The van der Waals surface area contributed by atoms with E-state index in [2.05, 4.69) is 41.5 Å². The number of rotatable bonds is 3. The molecule has 0 aromatic carbocycles. The van der Waals surface area contributed by atoms with Gasteiger partial charge in [0.2, 0.25) is 0 Å². The molecule has 10 atom stereocenters. The Balaban J connectivity index is 1.31. The predicted molar refractivity (Wildman–Crippen MR) is 135 cm³/mol. The Hall–Kier alpha value is -0.200. The highest BCUT2D eigenvalue weighted by atomic mass is 16.8. The summed E-state index contributed by atoms with van der Waals surface area (Å²) in [4.78, 5) is 0. The topological polar surface area (TPSA) is 57.2 Å². The van der Waals surface area contributed by atoms with Crippen LogP contribution in [-0.2, 0) is 18.9 Å². The summed E-state index contributed by atoms with van der Waals surface area (Å²) in [6.45, 7) is 18.4. The number of aliphatic hydroxyl groups is 1. The summed E-state index contributed by atoms with van der Waals surface area (Å²) in [5.74, 6) is 0.0514. The lowest BCUT2D eigenvalue weighted by molar-refractivity contribution is -0.468. The van der Waals surface area contributed by atoms with Crippen LogP contribution < -0.4 is 0 Å². The van der Waals surface area contributed by atoms with Crippen molar-refractivity contribution in [2.75, 3.05) is 0 Å². The first-order valence-corrected chi connectivity index (χ1v) is 14.6. The predicted octanol–water partition coefficient (Wildman–Crippen LogP) is 6.35. The first kappa shape index (κ1) is 25.1. The van der Waals surface area contributed by atoms with Crippen molar-refractivity contribution in [1.82, 2.24) is 0 Å². The van der Waals surface area contributed by atoms with E-state index in [4.69, 9.17) is 18.9 Å². The van der Waals surface area contributed by atoms with Crippen LogP contribution in [0.1, 0.15) is 120 Å². The molecule has 35 heavy (non-hydrogen) atoms. The fraction of sp³-hybridized carbons (Fsp3) is 1.00. The van der Waals surface area contributed by atoms with Crippen molar-refractivity contribution in [1.29, 1.82) is 0 Å². The van der Waals surface area contributed by atoms with Gasteiger partial charge in [0.1, 0.15) is 11.2 Å². The van der Waals surface area contributed by atoms with E-state index in [0.29, 0.717) is 24.2 Å². The van der Waals surface area contributed by atoms with Crippen LogP contribution in [0.3, 0.4) is 0 Å². The Morgan fingerprint density at radius 2 is 1.43 bits per heavy atom. The molecule has 0 aromatic rings. The number of hydrogen-bond acceptors (Lipinski definition) is 5. The van der Waals surface area contributed by atoms with Crippen molar-refractivity contribution < 1.29 is 24.1 Å². The first-order valence-electron chi connectivity index (χ1n) is 14.6. The fourth-order valence-electron chi connectivity index (χ4n) is 9.83. The van der Waals surface area contributed by atoms with Crippen molar-refractivity contribution >= 4 is 0 Å². The summed E-state index contributed by atoms with van der Waals surface area (Å²) in [7, 11) is 0. The highest BCUT2D eigenvalue weighted by Crippen LogP contribution is 2.67. The Labute approximate surface area is 213 Å². The molecule has 1 N–H and O–H groups in total. The van der Waals surface area contributed by atoms with Gasteiger partial charge in [-0.1, -0.05) is 27.7 Å². The standard InChI is InChI=1S/C30H50O5/c1-19-13-14-29-21(10-12-22(32-29)24(3,4)34-29)26(19,7)15-16-27(8)20(2)9-11-23-28(27)17-18-30(31,33-23)25(5,6)35-28/h19-23,31H,9-18H2,1-8H3/t19-,20+,21?,22?,23?,26-,27-,28?,29?,30?/m0/s1. The molecule has 6 unspecified atom stereocenters. The smallest absolute Gasteiger partial charge is 0.195 e. The van der Waals surface area contributed by atoms with E-state index in [1.54, 1.807) is 0 Å². The van der Waals surface area contributed by atoms with Crippen molar-refractivity contribution in [3.8, 4) is 0 Å². The van der Waals surface area contributed by atoms with Gasteiger partial charge in [-0.15, -0.1) is 0 Å². The molecular weight excluding hydrogens is 440 g/mol. The molecule has 7 fully saturated rings. The summed E-state index contributed by atoms with van der Waals surface area (Å²) >= 11 is 0. The van der Waals surface area contributed by atoms with Crippen LogP contribution in [-0.4, -0.2) is 45.7 Å². The van der Waals surface area contributed by atoms with Crippen molar-refractivity contribution in [3.05, 3.63) is 0 Å². The molecule has 4 bridgehead atoms. The third-order valence-corrected chi connectivity index (χ3v) is 12.8. The first-order chi connectivity index (χ1) is 16.1. The van der Waals surface area contributed by atoms with E-state index in [9.17, 15) is 5.11 Å². The van der Waals surface area contributed by atoms with Crippen LogP contribution in [0.5, 0.6) is 0 Å². The van der Waals surface area contributed by atoms with Gasteiger partial charge in [0, 0.05) is 24.2 Å². The van der Waals surface area contributed by atoms with Crippen molar-refractivity contribution in [3.63, 3.8) is 0 Å². The van der Waals surface area contributed by atoms with Gasteiger partial charge in [-0.05, 0) is 96.3 Å². The van der Waals surface area contributed by atoms with Gasteiger partial charge >= 0.3 is 0 Å². The normalized spacial score (nSPS) is 58.0. The SMILES string of the molecule is C[C@@H]1CCC2OC3(O)CCC2(OC3(C)C)[C@@]1(C)CC[C@]1(C)C2CCC3OC2(CC[C@@H]1C)OC3(C)C. The van der Waals surface area contributed by atoms with Crippen LogP contribution in [0.25, 0.3) is 0 Å². The third-order valence-electron chi connectivity index (χ3n) is 12.8. The van der Waals surface area contributed by atoms with E-state index in [1.165, 1.54) is 6.42 Å². The second-order valence-electron chi connectivity index (χ2n) is 15.0. The molecule has 5 aliphatic heterocycles. The van der Waals surface area contributed by atoms with Gasteiger partial charge in [-0.3, -0.25) is 0 Å². The third kappa shape index (κ3) is 3.05. The van der Waals surface area contributed by atoms with Crippen molar-refractivity contribution in [2.45, 2.75) is 160 Å². The molecule has 2 aliphatic carbocycles. The fourth-order valence-corrected chi connectivity index (χ4v) is 9.83. The number of hydrogen-bond donors (Lipinski definition) is 1. The highest BCUT2D eigenvalue weighted by Gasteiger charge is 2.72. The second-order valence-corrected chi connectivity index (χ2v) is 15.0. The summed E-state index contributed by atoms with van der Waals surface area (Å²) in [5, 5.41) is 11.3. The van der Waals surface area contributed by atoms with Gasteiger partial charge in [0.05, 0.1) is 17.8 Å². The van der Waals surface area contributed by atoms with Crippen LogP contribution in [0, 0.1) is 28.6 Å². The Kier molecular flexibility index (Phi) is 5.20. The lowest BCUT2D eigenvalue weighted by Crippen LogP contribution is -2.78. The molecule has 7 rings (SSSR count). The summed E-state index contributed by atoms with van der Waals surface area (Å²) in [6.07, 6.45) is 10.6. The Morgan fingerprint density at radius 3 is 2.14 bits per heavy atom. The zero-order chi connectivity index (χ0) is 25.3. The minimum atomic E-state index is -1.17. The average molecular weight is 491 g/mol. The van der Waals surface area contributed by atoms with E-state index in [1.807, 2.05) is 13.8 Å². The van der Waals surface area contributed by atoms with Gasteiger partial charge in [0.25, 0.3) is 0 Å². The number of ether oxygens (including phenoxy) is 4. The molecule has 7 aliphatic rings. The van der Waals surface area contributed by atoms with Gasteiger partial charge in [0.15, 0.2) is 11.6 Å². The summed E-state index contributed by atoms with van der Waals surface area (Å²) in [6, 6.07) is 0. The molecule has 200 valence electrons. The van der Waals surface area contributed by atoms with Crippen LogP contribution in [0.2, 0.25) is 0 Å². The van der Waals surface area contributed by atoms with Gasteiger partial charge in [-0.2, -0.15) is 0 Å². The molecule has 2 spiro atoms. The molecule has 0 amide bonds. The maximum Gasteiger partial charge on any atom is 0.195 e. The average Bonchev–Trinajstić information content (AvgIpc) is 2.97. The lowest BCUT2D eigenvalue weighted by Gasteiger charge is -2.70. The maximum atomic E-state index is 11.3.